The zero-order valence-corrected chi connectivity index (χ0v) is 19.1. The number of halogens is 5. The summed E-state index contributed by atoms with van der Waals surface area (Å²) in [6.45, 7) is 1.29. The minimum Gasteiger partial charge on any atom is -0.506 e. The number of fused-ring (bicyclic) bond motifs is 1. The van der Waals surface area contributed by atoms with Crippen LogP contribution in [0.15, 0.2) is 6.07 Å². The van der Waals surface area contributed by atoms with Crippen molar-refractivity contribution in [2.24, 2.45) is 0 Å². The molecule has 0 aliphatic carbocycles. The number of hydrogen-bond donors (Lipinski definition) is 2. The largest absolute Gasteiger partial charge is 0.506 e. The van der Waals surface area contributed by atoms with Crippen LogP contribution in [0.1, 0.15) is 28.1 Å². The van der Waals surface area contributed by atoms with E-state index in [1.807, 2.05) is 0 Å². The van der Waals surface area contributed by atoms with Crippen molar-refractivity contribution in [3.8, 4) is 5.75 Å². The van der Waals surface area contributed by atoms with E-state index >= 15 is 4.39 Å². The first kappa shape index (κ1) is 24.4. The molecule has 2 aliphatic rings. The van der Waals surface area contributed by atoms with Crippen molar-refractivity contribution in [2.75, 3.05) is 23.9 Å². The number of carbonyl (C=O) groups is 1. The number of phenolic OH excluding ortho intramolecular Hbond substituents is 1. The van der Waals surface area contributed by atoms with Crippen molar-refractivity contribution in [3.63, 3.8) is 0 Å². The number of nitrogens with zero attached hydrogens (tertiary/aromatic N) is 4. The van der Waals surface area contributed by atoms with E-state index < -0.39 is 71.9 Å². The predicted octanol–water partition coefficient (Wildman–Crippen LogP) is 2.27. The van der Waals surface area contributed by atoms with Crippen LogP contribution in [-0.2, 0) is 41.4 Å². The second kappa shape index (κ2) is 8.80. The van der Waals surface area contributed by atoms with Gasteiger partial charge in [-0.1, -0.05) is 0 Å². The van der Waals surface area contributed by atoms with Gasteiger partial charge in [-0.25, -0.2) is 17.4 Å². The normalized spacial score (nSPS) is 20.2. The van der Waals surface area contributed by atoms with Crippen LogP contribution in [0, 0.1) is 19.7 Å². The SMILES string of the molecule is Cc1nn(CC(F)F)c(C)c1CCN1Cc2c(cc(O)c(N3CC(=O)NS3=O)c2F)C(F)(F)C1. The molecule has 8 nitrogen and oxygen atoms in total. The number of amides is 1. The lowest BCUT2D eigenvalue weighted by molar-refractivity contribution is -0.117. The van der Waals surface area contributed by atoms with Gasteiger partial charge in [0.05, 0.1) is 12.2 Å². The number of nitrogens with one attached hydrogen (secondary N) is 1. The van der Waals surface area contributed by atoms with Gasteiger partial charge in [0.1, 0.15) is 24.5 Å². The predicted molar refractivity (Wildman–Crippen MR) is 112 cm³/mol. The Morgan fingerprint density at radius 3 is 2.62 bits per heavy atom. The average Bonchev–Trinajstić information content (AvgIpc) is 3.18. The van der Waals surface area contributed by atoms with Crippen molar-refractivity contribution in [1.29, 1.82) is 0 Å². The van der Waals surface area contributed by atoms with Crippen LogP contribution in [-0.4, -0.2) is 56.0 Å². The maximum Gasteiger partial charge on any atom is 0.286 e. The van der Waals surface area contributed by atoms with Crippen LogP contribution in [0.4, 0.5) is 27.6 Å². The lowest BCUT2D eigenvalue weighted by Crippen LogP contribution is -2.42. The number of aryl methyl sites for hydroxylation is 1. The number of aromatic hydroxyl groups is 1. The first-order valence-corrected chi connectivity index (χ1v) is 11.4. The molecule has 1 fully saturated rings. The molecule has 2 aromatic rings. The van der Waals surface area contributed by atoms with Crippen LogP contribution in [0.25, 0.3) is 0 Å². The highest BCUT2D eigenvalue weighted by atomic mass is 32.2. The van der Waals surface area contributed by atoms with Gasteiger partial charge in [0.15, 0.2) is 5.82 Å². The third-order valence-electron chi connectivity index (χ3n) is 5.98. The maximum absolute atomic E-state index is 15.4. The third-order valence-corrected chi connectivity index (χ3v) is 7.09. The van der Waals surface area contributed by atoms with Gasteiger partial charge in [-0.3, -0.25) is 23.4 Å². The lowest BCUT2D eigenvalue weighted by atomic mass is 9.94. The van der Waals surface area contributed by atoms with Crippen LogP contribution in [0.2, 0.25) is 0 Å². The molecule has 1 amide bonds. The van der Waals surface area contributed by atoms with Crippen LogP contribution in [0.3, 0.4) is 0 Å². The number of benzene rings is 1. The first-order chi connectivity index (χ1) is 15.9. The Balaban J connectivity index is 1.61. The Labute approximate surface area is 194 Å². The summed E-state index contributed by atoms with van der Waals surface area (Å²) in [4.78, 5) is 12.8. The number of anilines is 1. The van der Waals surface area contributed by atoms with Gasteiger partial charge >= 0.3 is 0 Å². The summed E-state index contributed by atoms with van der Waals surface area (Å²) in [5.41, 5.74) is 0.0290. The highest BCUT2D eigenvalue weighted by Crippen LogP contribution is 2.44. The molecule has 3 heterocycles. The fraction of sp³-hybridized carbons (Fsp3) is 0.500. The van der Waals surface area contributed by atoms with E-state index in [0.29, 0.717) is 17.0 Å². The molecule has 0 saturated carbocycles. The zero-order chi connectivity index (χ0) is 24.9. The Morgan fingerprint density at radius 1 is 1.29 bits per heavy atom. The molecule has 2 aliphatic heterocycles. The van der Waals surface area contributed by atoms with Crippen molar-refractivity contribution in [2.45, 2.75) is 45.7 Å². The van der Waals surface area contributed by atoms with E-state index in [1.165, 1.54) is 9.58 Å². The summed E-state index contributed by atoms with van der Waals surface area (Å²) in [7, 11) is 0. The highest BCUT2D eigenvalue weighted by molar-refractivity contribution is 7.85. The van der Waals surface area contributed by atoms with E-state index in [2.05, 4.69) is 9.82 Å². The molecular weight excluding hydrogens is 485 g/mol. The van der Waals surface area contributed by atoms with E-state index in [4.69, 9.17) is 0 Å². The van der Waals surface area contributed by atoms with Gasteiger partial charge < -0.3 is 5.11 Å². The van der Waals surface area contributed by atoms with Gasteiger partial charge in [-0.05, 0) is 31.9 Å². The summed E-state index contributed by atoms with van der Waals surface area (Å²) in [5, 5.41) is 14.3. The van der Waals surface area contributed by atoms with Crippen LogP contribution in [0.5, 0.6) is 5.75 Å². The molecular formula is C20H22F5N5O3S. The molecule has 1 saturated heterocycles. The topological polar surface area (TPSA) is 90.7 Å². The van der Waals surface area contributed by atoms with E-state index in [9.17, 15) is 31.7 Å². The zero-order valence-electron chi connectivity index (χ0n) is 18.2. The van der Waals surface area contributed by atoms with Gasteiger partial charge in [0.2, 0.25) is 11.2 Å². The number of phenols is 1. The van der Waals surface area contributed by atoms with Gasteiger partial charge in [0, 0.05) is 29.9 Å². The van der Waals surface area contributed by atoms with Gasteiger partial charge in [0.25, 0.3) is 18.3 Å². The van der Waals surface area contributed by atoms with Crippen molar-refractivity contribution in [1.82, 2.24) is 19.4 Å². The molecule has 0 bridgehead atoms. The second-order valence-electron chi connectivity index (χ2n) is 8.28. The summed E-state index contributed by atoms with van der Waals surface area (Å²) in [6.07, 6.45) is -2.36. The van der Waals surface area contributed by atoms with E-state index in [0.717, 1.165) is 10.4 Å². The Hall–Kier alpha value is -2.74. The Bertz CT molecular complexity index is 1170. The molecule has 0 spiro atoms. The number of carbonyl (C=O) groups excluding carboxylic acids is 1. The molecule has 186 valence electrons. The monoisotopic (exact) mass is 507 g/mol. The van der Waals surface area contributed by atoms with Gasteiger partial charge in [-0.2, -0.15) is 13.9 Å². The molecule has 1 aromatic heterocycles. The Morgan fingerprint density at radius 2 is 2.00 bits per heavy atom. The fourth-order valence-corrected chi connectivity index (χ4v) is 5.34. The molecule has 2 N–H and O–H groups in total. The number of aromatic nitrogens is 2. The van der Waals surface area contributed by atoms with Crippen molar-refractivity contribution >= 4 is 22.8 Å². The van der Waals surface area contributed by atoms with E-state index in [1.54, 1.807) is 13.8 Å². The quantitative estimate of drug-likeness (QED) is 0.586. The molecule has 34 heavy (non-hydrogen) atoms. The smallest absolute Gasteiger partial charge is 0.286 e. The van der Waals surface area contributed by atoms with Gasteiger partial charge in [-0.15, -0.1) is 0 Å². The van der Waals surface area contributed by atoms with Crippen LogP contribution >= 0.6 is 0 Å². The van der Waals surface area contributed by atoms with E-state index in [-0.39, 0.29) is 25.1 Å². The minimum atomic E-state index is -3.49. The summed E-state index contributed by atoms with van der Waals surface area (Å²) in [6, 6.07) is 0.744. The second-order valence-corrected chi connectivity index (χ2v) is 9.43. The molecule has 4 rings (SSSR count). The molecule has 0 radical (unpaired) electrons. The number of rotatable bonds is 6. The van der Waals surface area contributed by atoms with Crippen molar-refractivity contribution in [3.05, 3.63) is 40.0 Å². The molecule has 1 aromatic carbocycles. The summed E-state index contributed by atoms with van der Waals surface area (Å²) < 4.78 is 86.8. The summed E-state index contributed by atoms with van der Waals surface area (Å²) in [5.74, 6) is -6.18. The molecule has 14 heteroatoms. The Kier molecular flexibility index (Phi) is 6.31. The lowest BCUT2D eigenvalue weighted by Gasteiger charge is -2.35. The maximum atomic E-state index is 15.4. The molecule has 1 unspecified atom stereocenters. The number of hydrogen-bond acceptors (Lipinski definition) is 5. The third kappa shape index (κ3) is 4.35. The fourth-order valence-electron chi connectivity index (χ4n) is 4.40. The number of alkyl halides is 4. The standard InChI is InChI=1S/C20H22F5N5O3S/c1-10-12(11(2)29(26-10)7-16(21)22)3-4-28-6-13-14(20(24,25)9-28)5-15(31)19(18(13)23)30-8-17(32)27-34(30)33/h5,16,31H,3-4,6-9H2,1-2H3,(H,27,32). The highest BCUT2D eigenvalue weighted by Gasteiger charge is 2.44. The van der Waals surface area contributed by atoms with Crippen molar-refractivity contribution < 1.29 is 36.1 Å². The van der Waals surface area contributed by atoms with Crippen LogP contribution < -0.4 is 9.03 Å². The minimum absolute atomic E-state index is 0.0718. The first-order valence-electron chi connectivity index (χ1n) is 10.3. The summed E-state index contributed by atoms with van der Waals surface area (Å²) >= 11 is -2.16. The molecule has 1 atom stereocenters. The average molecular weight is 507 g/mol.